The van der Waals surface area contributed by atoms with E-state index in [0.29, 0.717) is 16.5 Å². The lowest BCUT2D eigenvalue weighted by Gasteiger charge is -2.15. The number of rotatable bonds is 5. The summed E-state index contributed by atoms with van der Waals surface area (Å²) in [5.74, 6) is -0.477. The molecule has 2 amide bonds. The van der Waals surface area contributed by atoms with Crippen molar-refractivity contribution in [3.63, 3.8) is 0 Å². The summed E-state index contributed by atoms with van der Waals surface area (Å²) in [6, 6.07) is 14.1. The molecule has 3 aromatic rings. The monoisotopic (exact) mass is 462 g/mol. The van der Waals surface area contributed by atoms with Gasteiger partial charge in [-0.2, -0.15) is 5.10 Å². The molecule has 0 saturated heterocycles. The summed E-state index contributed by atoms with van der Waals surface area (Å²) in [6.45, 7) is 1.58. The predicted octanol–water partition coefficient (Wildman–Crippen LogP) is 3.72. The molecular formula is C19H16BrClN4O3. The van der Waals surface area contributed by atoms with Gasteiger partial charge in [0, 0.05) is 15.1 Å². The quantitative estimate of drug-likeness (QED) is 0.503. The molecule has 144 valence electrons. The van der Waals surface area contributed by atoms with Crippen LogP contribution in [-0.2, 0) is 4.79 Å². The predicted molar refractivity (Wildman–Crippen MR) is 109 cm³/mol. The summed E-state index contributed by atoms with van der Waals surface area (Å²) in [5.41, 5.74) is 6.26. The van der Waals surface area contributed by atoms with E-state index in [0.717, 1.165) is 10.0 Å². The SMILES string of the molecule is CC(Oc1cccc(Br)c1)C(=O)NNC(=O)c1cn[nH]c1-c1ccc(Cl)cc1. The average molecular weight is 464 g/mol. The van der Waals surface area contributed by atoms with Gasteiger partial charge >= 0.3 is 0 Å². The van der Waals surface area contributed by atoms with Crippen LogP contribution in [0.5, 0.6) is 5.75 Å². The standard InChI is InChI=1S/C19H16BrClN4O3/c1-11(28-15-4-2-3-13(20)9-15)18(26)24-25-19(27)16-10-22-23-17(16)12-5-7-14(21)8-6-12/h2-11H,1H3,(H,22,23)(H,24,26)(H,25,27). The third-order valence-corrected chi connectivity index (χ3v) is 4.54. The highest BCUT2D eigenvalue weighted by Crippen LogP contribution is 2.23. The van der Waals surface area contributed by atoms with Gasteiger partial charge in [-0.1, -0.05) is 45.7 Å². The number of halogens is 2. The van der Waals surface area contributed by atoms with Gasteiger partial charge in [-0.15, -0.1) is 0 Å². The fourth-order valence-corrected chi connectivity index (χ4v) is 2.88. The Kier molecular flexibility index (Phi) is 6.33. The summed E-state index contributed by atoms with van der Waals surface area (Å²) in [4.78, 5) is 24.6. The van der Waals surface area contributed by atoms with Crippen LogP contribution in [-0.4, -0.2) is 28.1 Å². The highest BCUT2D eigenvalue weighted by Gasteiger charge is 2.19. The fourth-order valence-electron chi connectivity index (χ4n) is 2.38. The Bertz CT molecular complexity index is 991. The molecule has 1 unspecified atom stereocenters. The third kappa shape index (κ3) is 4.90. The molecule has 0 saturated carbocycles. The lowest BCUT2D eigenvalue weighted by atomic mass is 10.1. The number of nitrogens with zero attached hydrogens (tertiary/aromatic N) is 1. The van der Waals surface area contributed by atoms with Crippen molar-refractivity contribution in [1.82, 2.24) is 21.0 Å². The zero-order valence-corrected chi connectivity index (χ0v) is 17.0. The molecule has 0 aliphatic heterocycles. The van der Waals surface area contributed by atoms with E-state index in [2.05, 4.69) is 37.0 Å². The first-order valence-corrected chi connectivity index (χ1v) is 9.43. The second-order valence-corrected chi connectivity index (χ2v) is 7.18. The molecule has 3 N–H and O–H groups in total. The van der Waals surface area contributed by atoms with Gasteiger partial charge in [0.05, 0.1) is 17.5 Å². The number of aromatic amines is 1. The molecule has 9 heteroatoms. The zero-order chi connectivity index (χ0) is 20.1. The molecule has 28 heavy (non-hydrogen) atoms. The van der Waals surface area contributed by atoms with Gasteiger partial charge in [0.15, 0.2) is 6.10 Å². The van der Waals surface area contributed by atoms with E-state index in [4.69, 9.17) is 16.3 Å². The Morgan fingerprint density at radius 2 is 1.93 bits per heavy atom. The first-order valence-electron chi connectivity index (χ1n) is 8.26. The van der Waals surface area contributed by atoms with Crippen LogP contribution in [0, 0.1) is 0 Å². The Morgan fingerprint density at radius 3 is 2.64 bits per heavy atom. The van der Waals surface area contributed by atoms with Crippen LogP contribution in [0.1, 0.15) is 17.3 Å². The van der Waals surface area contributed by atoms with Crippen molar-refractivity contribution >= 4 is 39.3 Å². The molecule has 0 radical (unpaired) electrons. The summed E-state index contributed by atoms with van der Waals surface area (Å²) < 4.78 is 6.39. The van der Waals surface area contributed by atoms with E-state index < -0.39 is 17.9 Å². The lowest BCUT2D eigenvalue weighted by Crippen LogP contribution is -2.47. The van der Waals surface area contributed by atoms with Gasteiger partial charge in [0.1, 0.15) is 5.75 Å². The van der Waals surface area contributed by atoms with Gasteiger partial charge in [-0.3, -0.25) is 25.5 Å². The normalized spacial score (nSPS) is 11.5. The molecule has 0 aliphatic carbocycles. The van der Waals surface area contributed by atoms with Crippen LogP contribution in [0.2, 0.25) is 5.02 Å². The van der Waals surface area contributed by atoms with Crippen LogP contribution in [0.3, 0.4) is 0 Å². The highest BCUT2D eigenvalue weighted by atomic mass is 79.9. The maximum Gasteiger partial charge on any atom is 0.279 e. The zero-order valence-electron chi connectivity index (χ0n) is 14.7. The van der Waals surface area contributed by atoms with Crippen LogP contribution in [0.4, 0.5) is 0 Å². The van der Waals surface area contributed by atoms with E-state index in [1.807, 2.05) is 6.07 Å². The van der Waals surface area contributed by atoms with E-state index in [1.54, 1.807) is 49.4 Å². The van der Waals surface area contributed by atoms with Crippen LogP contribution in [0.15, 0.2) is 59.2 Å². The van der Waals surface area contributed by atoms with Crippen LogP contribution < -0.4 is 15.6 Å². The minimum Gasteiger partial charge on any atom is -0.481 e. The Labute approximate surface area is 174 Å². The molecule has 2 aromatic carbocycles. The van der Waals surface area contributed by atoms with Crippen molar-refractivity contribution in [3.05, 3.63) is 69.8 Å². The van der Waals surface area contributed by atoms with Gasteiger partial charge in [-0.05, 0) is 37.3 Å². The van der Waals surface area contributed by atoms with Crippen molar-refractivity contribution in [1.29, 1.82) is 0 Å². The Hall–Kier alpha value is -2.84. The molecule has 0 spiro atoms. The number of carbonyl (C=O) groups is 2. The number of hydrogen-bond donors (Lipinski definition) is 3. The fraction of sp³-hybridized carbons (Fsp3) is 0.105. The Balaban J connectivity index is 1.60. The molecule has 1 heterocycles. The number of ether oxygens (including phenoxy) is 1. The van der Waals surface area contributed by atoms with E-state index in [-0.39, 0.29) is 5.56 Å². The number of amides is 2. The molecule has 1 aromatic heterocycles. The molecule has 0 fully saturated rings. The van der Waals surface area contributed by atoms with Crippen molar-refractivity contribution in [3.8, 4) is 17.0 Å². The largest absolute Gasteiger partial charge is 0.481 e. The third-order valence-electron chi connectivity index (χ3n) is 3.79. The first kappa shape index (κ1) is 19.9. The summed E-state index contributed by atoms with van der Waals surface area (Å²) >= 11 is 9.23. The molecular weight excluding hydrogens is 448 g/mol. The van der Waals surface area contributed by atoms with Gasteiger partial charge in [0.25, 0.3) is 11.8 Å². The summed E-state index contributed by atoms with van der Waals surface area (Å²) in [5, 5.41) is 7.27. The number of benzene rings is 2. The minimum absolute atomic E-state index is 0.281. The maximum absolute atomic E-state index is 12.4. The van der Waals surface area contributed by atoms with Crippen molar-refractivity contribution < 1.29 is 14.3 Å². The minimum atomic E-state index is -0.810. The van der Waals surface area contributed by atoms with Crippen molar-refractivity contribution in [2.24, 2.45) is 0 Å². The number of nitrogens with one attached hydrogen (secondary N) is 3. The summed E-state index contributed by atoms with van der Waals surface area (Å²) in [7, 11) is 0. The van der Waals surface area contributed by atoms with Gasteiger partial charge in [0.2, 0.25) is 0 Å². The molecule has 3 rings (SSSR count). The Morgan fingerprint density at radius 1 is 1.18 bits per heavy atom. The second kappa shape index (κ2) is 8.90. The van der Waals surface area contributed by atoms with Crippen LogP contribution >= 0.6 is 27.5 Å². The molecule has 0 aliphatic rings. The number of aromatic nitrogens is 2. The molecule has 0 bridgehead atoms. The lowest BCUT2D eigenvalue weighted by molar-refractivity contribution is -0.128. The highest BCUT2D eigenvalue weighted by molar-refractivity contribution is 9.10. The number of hydrazine groups is 1. The summed E-state index contributed by atoms with van der Waals surface area (Å²) in [6.07, 6.45) is 0.571. The second-order valence-electron chi connectivity index (χ2n) is 5.83. The number of carbonyl (C=O) groups excluding carboxylic acids is 2. The van der Waals surface area contributed by atoms with Crippen molar-refractivity contribution in [2.75, 3.05) is 0 Å². The van der Waals surface area contributed by atoms with Crippen LogP contribution in [0.25, 0.3) is 11.3 Å². The maximum atomic E-state index is 12.4. The average Bonchev–Trinajstić information content (AvgIpc) is 3.16. The van der Waals surface area contributed by atoms with E-state index >= 15 is 0 Å². The van der Waals surface area contributed by atoms with Crippen molar-refractivity contribution in [2.45, 2.75) is 13.0 Å². The van der Waals surface area contributed by atoms with Gasteiger partial charge in [-0.25, -0.2) is 0 Å². The number of H-pyrrole nitrogens is 1. The first-order chi connectivity index (χ1) is 13.4. The molecule has 1 atom stereocenters. The topological polar surface area (TPSA) is 96.1 Å². The van der Waals surface area contributed by atoms with Gasteiger partial charge < -0.3 is 4.74 Å². The van der Waals surface area contributed by atoms with E-state index in [9.17, 15) is 9.59 Å². The number of hydrogen-bond acceptors (Lipinski definition) is 4. The molecule has 7 nitrogen and oxygen atoms in total. The smallest absolute Gasteiger partial charge is 0.279 e. The van der Waals surface area contributed by atoms with E-state index in [1.165, 1.54) is 6.20 Å².